The second-order valence-corrected chi connectivity index (χ2v) is 3.75. The Morgan fingerprint density at radius 1 is 1.00 bits per heavy atom. The molecule has 6 nitrogen and oxygen atoms in total. The van der Waals surface area contributed by atoms with Gasteiger partial charge < -0.3 is 25.1 Å². The van der Waals surface area contributed by atoms with Gasteiger partial charge in [-0.2, -0.15) is 0 Å². The third-order valence-corrected chi connectivity index (χ3v) is 2.22. The van der Waals surface area contributed by atoms with Gasteiger partial charge in [-0.3, -0.25) is 4.79 Å². The Balaban J connectivity index is 3.02. The molecule has 0 aliphatic heterocycles. The molecule has 6 heteroatoms. The van der Waals surface area contributed by atoms with E-state index >= 15 is 0 Å². The van der Waals surface area contributed by atoms with E-state index in [2.05, 4.69) is 5.32 Å². The number of nitrogens with one attached hydrogen (secondary N) is 1. The van der Waals surface area contributed by atoms with Crippen molar-refractivity contribution in [3.8, 4) is 0 Å². The summed E-state index contributed by atoms with van der Waals surface area (Å²) in [4.78, 5) is 33.0. The third-order valence-electron chi connectivity index (χ3n) is 2.22. The van der Waals surface area contributed by atoms with Crippen LogP contribution in [0.3, 0.4) is 0 Å². The molecule has 0 saturated carbocycles. The standard InChI is InChI=1S/C14H13NO5/c1-2-3-4-5-12(16)15-11-7-9(13(17)18)6-10(8-11)14(19)20/h2-8H,1H3,(H,15,16)(H,17,18)(H,19,20)/p-2/b3-2+,5-4+. The molecule has 0 unspecified atom stereocenters. The quantitative estimate of drug-likeness (QED) is 0.573. The number of carboxylic acid groups (broad SMARTS) is 2. The number of carbonyl (C=O) groups excluding carboxylic acids is 3. The van der Waals surface area contributed by atoms with Crippen LogP contribution in [0.25, 0.3) is 0 Å². The second-order valence-electron chi connectivity index (χ2n) is 3.75. The van der Waals surface area contributed by atoms with Crippen LogP contribution in [0, 0.1) is 0 Å². The lowest BCUT2D eigenvalue weighted by Crippen LogP contribution is -2.26. The number of amides is 1. The molecule has 1 N–H and O–H groups in total. The molecule has 20 heavy (non-hydrogen) atoms. The number of allylic oxidation sites excluding steroid dienone is 3. The van der Waals surface area contributed by atoms with Gasteiger partial charge in [0.15, 0.2) is 0 Å². The minimum absolute atomic E-state index is 0.0287. The summed E-state index contributed by atoms with van der Waals surface area (Å²) in [6.45, 7) is 1.78. The first-order chi connectivity index (χ1) is 9.43. The summed E-state index contributed by atoms with van der Waals surface area (Å²) < 4.78 is 0. The molecule has 1 rings (SSSR count). The van der Waals surface area contributed by atoms with Crippen molar-refractivity contribution in [2.45, 2.75) is 6.92 Å². The Kier molecular flexibility index (Phi) is 5.22. The molecular weight excluding hydrogens is 262 g/mol. The summed E-state index contributed by atoms with van der Waals surface area (Å²) in [6, 6.07) is 3.10. The van der Waals surface area contributed by atoms with Crippen molar-refractivity contribution >= 4 is 23.5 Å². The summed E-state index contributed by atoms with van der Waals surface area (Å²) >= 11 is 0. The van der Waals surface area contributed by atoms with Crippen LogP contribution in [-0.2, 0) is 4.79 Å². The smallest absolute Gasteiger partial charge is 0.248 e. The zero-order chi connectivity index (χ0) is 15.1. The van der Waals surface area contributed by atoms with Gasteiger partial charge in [-0.1, -0.05) is 18.2 Å². The number of hydrogen-bond donors (Lipinski definition) is 1. The fourth-order valence-electron chi connectivity index (χ4n) is 1.37. The van der Waals surface area contributed by atoms with Crippen molar-refractivity contribution in [1.82, 2.24) is 0 Å². The van der Waals surface area contributed by atoms with E-state index in [9.17, 15) is 24.6 Å². The summed E-state index contributed by atoms with van der Waals surface area (Å²) in [5.74, 6) is -3.62. The van der Waals surface area contributed by atoms with Gasteiger partial charge in [0.25, 0.3) is 0 Å². The largest absolute Gasteiger partial charge is 0.545 e. The molecule has 0 aliphatic rings. The van der Waals surface area contributed by atoms with E-state index < -0.39 is 17.8 Å². The van der Waals surface area contributed by atoms with E-state index in [0.29, 0.717) is 0 Å². The molecule has 104 valence electrons. The summed E-state index contributed by atoms with van der Waals surface area (Å²) in [5.41, 5.74) is -0.695. The highest BCUT2D eigenvalue weighted by atomic mass is 16.4. The second kappa shape index (κ2) is 6.89. The van der Waals surface area contributed by atoms with Gasteiger partial charge in [-0.15, -0.1) is 0 Å². The molecule has 0 radical (unpaired) electrons. The van der Waals surface area contributed by atoms with E-state index in [1.807, 2.05) is 0 Å². The van der Waals surface area contributed by atoms with E-state index in [-0.39, 0.29) is 16.8 Å². The van der Waals surface area contributed by atoms with Crippen LogP contribution in [0.2, 0.25) is 0 Å². The molecule has 1 aromatic carbocycles. The Hall–Kier alpha value is -2.89. The van der Waals surface area contributed by atoms with Crippen LogP contribution in [0.1, 0.15) is 27.6 Å². The summed E-state index contributed by atoms with van der Waals surface area (Å²) in [7, 11) is 0. The minimum atomic E-state index is -1.55. The molecule has 0 spiro atoms. The zero-order valence-electron chi connectivity index (χ0n) is 10.6. The van der Waals surface area contributed by atoms with E-state index in [1.54, 1.807) is 19.1 Å². The first-order valence-corrected chi connectivity index (χ1v) is 5.62. The van der Waals surface area contributed by atoms with Crippen LogP contribution < -0.4 is 15.5 Å². The molecule has 0 heterocycles. The van der Waals surface area contributed by atoms with Crippen LogP contribution in [0.4, 0.5) is 5.69 Å². The molecule has 0 atom stereocenters. The van der Waals surface area contributed by atoms with Gasteiger partial charge in [-0.05, 0) is 36.2 Å². The first kappa shape index (κ1) is 15.2. The normalized spacial score (nSPS) is 10.8. The third kappa shape index (κ3) is 4.41. The van der Waals surface area contributed by atoms with E-state index in [0.717, 1.165) is 18.2 Å². The number of hydrogen-bond acceptors (Lipinski definition) is 5. The van der Waals surface area contributed by atoms with E-state index in [4.69, 9.17) is 0 Å². The molecule has 0 saturated heterocycles. The molecule has 0 bridgehead atoms. The number of benzene rings is 1. The Labute approximate surface area is 115 Å². The molecule has 0 fully saturated rings. The van der Waals surface area contributed by atoms with Gasteiger partial charge in [0.1, 0.15) is 0 Å². The van der Waals surface area contributed by atoms with Crippen LogP contribution >= 0.6 is 0 Å². The lowest BCUT2D eigenvalue weighted by Gasteiger charge is -2.11. The van der Waals surface area contributed by atoms with Crippen LogP contribution in [-0.4, -0.2) is 17.8 Å². The number of carboxylic acids is 2. The van der Waals surface area contributed by atoms with Crippen molar-refractivity contribution in [3.05, 3.63) is 53.6 Å². The highest BCUT2D eigenvalue weighted by Gasteiger charge is 2.05. The monoisotopic (exact) mass is 273 g/mol. The molecule has 1 aromatic rings. The minimum Gasteiger partial charge on any atom is -0.545 e. The maximum Gasteiger partial charge on any atom is 0.248 e. The highest BCUT2D eigenvalue weighted by molar-refractivity contribution is 6.01. The van der Waals surface area contributed by atoms with E-state index in [1.165, 1.54) is 12.2 Å². The fraction of sp³-hybridized carbons (Fsp3) is 0.0714. The van der Waals surface area contributed by atoms with Gasteiger partial charge >= 0.3 is 0 Å². The summed E-state index contributed by atoms with van der Waals surface area (Å²) in [6.07, 6.45) is 6.04. The average Bonchev–Trinajstić information content (AvgIpc) is 2.38. The molecule has 0 aromatic heterocycles. The molecule has 1 amide bonds. The SMILES string of the molecule is C/C=C/C=C/C(=O)Nc1cc(C(=O)[O-])cc(C(=O)[O-])c1. The predicted octanol–water partition coefficient (Wildman–Crippen LogP) is -0.516. The first-order valence-electron chi connectivity index (χ1n) is 5.62. The lowest BCUT2D eigenvalue weighted by atomic mass is 10.1. The van der Waals surface area contributed by atoms with Gasteiger partial charge in [0.05, 0.1) is 11.9 Å². The van der Waals surface area contributed by atoms with Crippen molar-refractivity contribution in [1.29, 1.82) is 0 Å². The fourth-order valence-corrected chi connectivity index (χ4v) is 1.37. The van der Waals surface area contributed by atoms with Gasteiger partial charge in [-0.25, -0.2) is 0 Å². The van der Waals surface area contributed by atoms with Gasteiger partial charge in [0.2, 0.25) is 5.91 Å². The maximum atomic E-state index is 11.5. The predicted molar refractivity (Wildman–Crippen MR) is 67.7 cm³/mol. The maximum absolute atomic E-state index is 11.5. The lowest BCUT2D eigenvalue weighted by molar-refractivity contribution is -0.255. The van der Waals surface area contributed by atoms with Crippen LogP contribution in [0.15, 0.2) is 42.5 Å². The molecule has 0 aliphatic carbocycles. The Morgan fingerprint density at radius 2 is 1.55 bits per heavy atom. The number of aromatic carboxylic acids is 2. The van der Waals surface area contributed by atoms with Crippen LogP contribution in [0.5, 0.6) is 0 Å². The summed E-state index contributed by atoms with van der Waals surface area (Å²) in [5, 5.41) is 23.9. The van der Waals surface area contributed by atoms with Crippen molar-refractivity contribution < 1.29 is 24.6 Å². The Morgan fingerprint density at radius 3 is 2.00 bits per heavy atom. The van der Waals surface area contributed by atoms with Crippen molar-refractivity contribution in [2.75, 3.05) is 5.32 Å². The topological polar surface area (TPSA) is 109 Å². The number of anilines is 1. The number of carbonyl (C=O) groups is 3. The number of rotatable bonds is 5. The average molecular weight is 273 g/mol. The van der Waals surface area contributed by atoms with Gasteiger partial charge in [0, 0.05) is 11.8 Å². The highest BCUT2D eigenvalue weighted by Crippen LogP contribution is 2.14. The molecular formula is C14H11NO5-2. The van der Waals surface area contributed by atoms with Crippen molar-refractivity contribution in [2.24, 2.45) is 0 Å². The zero-order valence-corrected chi connectivity index (χ0v) is 10.6. The van der Waals surface area contributed by atoms with Crippen molar-refractivity contribution in [3.63, 3.8) is 0 Å². The Bertz CT molecular complexity index is 569.